The highest BCUT2D eigenvalue weighted by Crippen LogP contribution is 2.32. The molecular weight excluding hydrogens is 685 g/mol. The van der Waals surface area contributed by atoms with Gasteiger partial charge in [-0.25, -0.2) is 27.7 Å². The van der Waals surface area contributed by atoms with E-state index >= 15 is 0 Å². The normalized spacial score (nSPS) is 12.6. The molecule has 266 valence electrons. The zero-order valence-electron chi connectivity index (χ0n) is 28.3. The van der Waals surface area contributed by atoms with Crippen LogP contribution in [0, 0.1) is 0 Å². The Morgan fingerprint density at radius 1 is 1.04 bits per heavy atom. The highest BCUT2D eigenvalue weighted by atomic mass is 32.2. The third-order valence-corrected chi connectivity index (χ3v) is 9.46. The average Bonchev–Trinajstić information content (AvgIpc) is 3.48. The van der Waals surface area contributed by atoms with E-state index in [0.29, 0.717) is 39.5 Å². The minimum atomic E-state index is -4.09. The van der Waals surface area contributed by atoms with Crippen molar-refractivity contribution in [1.29, 1.82) is 0 Å². The van der Waals surface area contributed by atoms with Crippen molar-refractivity contribution >= 4 is 61.1 Å². The van der Waals surface area contributed by atoms with Crippen molar-refractivity contribution in [2.24, 2.45) is 10.9 Å². The molecule has 0 radical (unpaired) electrons. The van der Waals surface area contributed by atoms with Gasteiger partial charge in [-0.2, -0.15) is 0 Å². The van der Waals surface area contributed by atoms with Crippen molar-refractivity contribution in [1.82, 2.24) is 15.0 Å². The van der Waals surface area contributed by atoms with Crippen LogP contribution in [0.3, 0.4) is 0 Å². The van der Waals surface area contributed by atoms with Crippen molar-refractivity contribution in [2.75, 3.05) is 19.0 Å². The maximum Gasteiger partial charge on any atom is 0.407 e. The number of fused-ring (bicyclic) bond motifs is 1. The first-order valence-corrected chi connectivity index (χ1v) is 17.9. The van der Waals surface area contributed by atoms with Crippen LogP contribution >= 0.6 is 11.3 Å². The number of alkyl carbamates (subject to hydrolysis) is 1. The second-order valence-electron chi connectivity index (χ2n) is 12.1. The van der Waals surface area contributed by atoms with E-state index in [2.05, 4.69) is 25.3 Å². The molecule has 0 aliphatic heterocycles. The third-order valence-electron chi connectivity index (χ3n) is 6.84. The van der Waals surface area contributed by atoms with Crippen LogP contribution in [0.2, 0.25) is 0 Å². The van der Waals surface area contributed by atoms with E-state index in [1.165, 1.54) is 42.5 Å². The summed E-state index contributed by atoms with van der Waals surface area (Å²) >= 11 is 1.33. The minimum Gasteiger partial charge on any atom is -0.497 e. The van der Waals surface area contributed by atoms with Crippen LogP contribution in [0.5, 0.6) is 5.75 Å². The number of nitrogens with zero attached hydrogens (tertiary/aromatic N) is 2. The van der Waals surface area contributed by atoms with Gasteiger partial charge in [-0.05, 0) is 87.7 Å². The number of hydrogen-bond donors (Lipinski definition) is 4. The van der Waals surface area contributed by atoms with E-state index in [1.54, 1.807) is 58.2 Å². The minimum absolute atomic E-state index is 0.0173. The number of benzene rings is 3. The molecule has 0 spiro atoms. The summed E-state index contributed by atoms with van der Waals surface area (Å²) < 4.78 is 41.6. The Kier molecular flexibility index (Phi) is 12.5. The fourth-order valence-electron chi connectivity index (χ4n) is 4.59. The van der Waals surface area contributed by atoms with Gasteiger partial charge in [0.15, 0.2) is 5.84 Å². The van der Waals surface area contributed by atoms with Crippen LogP contribution in [-0.2, 0) is 35.6 Å². The van der Waals surface area contributed by atoms with Crippen molar-refractivity contribution in [3.05, 3.63) is 82.9 Å². The number of thiazole rings is 1. The van der Waals surface area contributed by atoms with Gasteiger partial charge in [-0.15, -0.1) is 11.3 Å². The van der Waals surface area contributed by atoms with Gasteiger partial charge >= 0.3 is 12.1 Å². The maximum absolute atomic E-state index is 13.7. The number of carbonyl (C=O) groups is 3. The second kappa shape index (κ2) is 16.6. The Labute approximate surface area is 294 Å². The number of nitrogens with two attached hydrogens (primary N) is 1. The van der Waals surface area contributed by atoms with Crippen molar-refractivity contribution in [3.8, 4) is 5.75 Å². The number of oxime groups is 1. The molecule has 50 heavy (non-hydrogen) atoms. The molecule has 0 aliphatic rings. The number of methoxy groups -OCH3 is 1. The van der Waals surface area contributed by atoms with Gasteiger partial charge in [-0.3, -0.25) is 4.79 Å². The van der Waals surface area contributed by atoms with Gasteiger partial charge in [0.1, 0.15) is 16.4 Å². The van der Waals surface area contributed by atoms with Crippen molar-refractivity contribution < 1.29 is 37.1 Å². The molecule has 14 nitrogen and oxygen atoms in total. The van der Waals surface area contributed by atoms with Crippen LogP contribution in [-0.4, -0.2) is 56.5 Å². The van der Waals surface area contributed by atoms with Crippen LogP contribution in [0.1, 0.15) is 62.7 Å². The van der Waals surface area contributed by atoms with Crippen LogP contribution < -0.4 is 25.8 Å². The lowest BCUT2D eigenvalue weighted by atomic mass is 10.0. The van der Waals surface area contributed by atoms with Gasteiger partial charge < -0.3 is 30.7 Å². The van der Waals surface area contributed by atoms with E-state index in [0.717, 1.165) is 4.70 Å². The lowest BCUT2D eigenvalue weighted by Crippen LogP contribution is -2.33. The van der Waals surface area contributed by atoms with Gasteiger partial charge in [0.05, 0.1) is 28.3 Å². The molecule has 1 heterocycles. The molecule has 0 saturated heterocycles. The Morgan fingerprint density at radius 3 is 2.46 bits per heavy atom. The summed E-state index contributed by atoms with van der Waals surface area (Å²) in [5.74, 6) is -0.287. The van der Waals surface area contributed by atoms with E-state index in [1.807, 2.05) is 12.1 Å². The van der Waals surface area contributed by atoms with E-state index in [4.69, 9.17) is 20.2 Å². The molecule has 5 N–H and O–H groups in total. The van der Waals surface area contributed by atoms with Gasteiger partial charge in [0.2, 0.25) is 15.9 Å². The van der Waals surface area contributed by atoms with E-state index in [9.17, 15) is 22.8 Å². The molecule has 0 bridgehead atoms. The third kappa shape index (κ3) is 11.2. The fraction of sp³-hybridized carbons (Fsp3) is 0.324. The molecule has 0 saturated carbocycles. The maximum atomic E-state index is 13.7. The molecule has 0 aliphatic carbocycles. The zero-order chi connectivity index (χ0) is 36.5. The van der Waals surface area contributed by atoms with Crippen molar-refractivity contribution in [2.45, 2.75) is 63.5 Å². The smallest absolute Gasteiger partial charge is 0.407 e. The highest BCUT2D eigenvalue weighted by molar-refractivity contribution is 7.89. The summed E-state index contributed by atoms with van der Waals surface area (Å²) in [7, 11) is -2.52. The summed E-state index contributed by atoms with van der Waals surface area (Å²) in [5.41, 5.74) is 7.68. The van der Waals surface area contributed by atoms with Crippen molar-refractivity contribution in [3.63, 3.8) is 0 Å². The molecule has 0 fully saturated rings. The van der Waals surface area contributed by atoms with E-state index < -0.39 is 33.7 Å². The summed E-state index contributed by atoms with van der Waals surface area (Å²) in [4.78, 5) is 44.8. The van der Waals surface area contributed by atoms with Gasteiger partial charge in [0.25, 0.3) is 0 Å². The van der Waals surface area contributed by atoms with E-state index in [-0.39, 0.29) is 36.0 Å². The summed E-state index contributed by atoms with van der Waals surface area (Å²) in [6, 6.07) is 17.4. The Hall–Kier alpha value is -5.06. The van der Waals surface area contributed by atoms with Crippen LogP contribution in [0.4, 0.5) is 10.5 Å². The Bertz CT molecular complexity index is 1970. The lowest BCUT2D eigenvalue weighted by molar-refractivity contribution is -0.140. The summed E-state index contributed by atoms with van der Waals surface area (Å²) in [5, 5.41) is 9.50. The first kappa shape index (κ1) is 37.8. The molecule has 16 heteroatoms. The first-order chi connectivity index (χ1) is 23.6. The number of amides is 2. The van der Waals surface area contributed by atoms with Gasteiger partial charge in [0, 0.05) is 31.1 Å². The molecule has 1 unspecified atom stereocenters. The number of nitrogens with one attached hydrogen (secondary N) is 3. The fourth-order valence-corrected chi connectivity index (χ4v) is 6.91. The number of aromatic nitrogens is 1. The second-order valence-corrected chi connectivity index (χ2v) is 14.9. The number of rotatable bonds is 14. The predicted octanol–water partition coefficient (Wildman–Crippen LogP) is 4.99. The number of sulfonamides is 1. The number of anilines is 1. The summed E-state index contributed by atoms with van der Waals surface area (Å²) in [6.07, 6.45) is 0.158. The monoisotopic (exact) mass is 724 g/mol. The number of carbonyl (C=O) groups excluding carboxylic acids is 3. The number of amidine groups is 1. The standard InChI is InChI=1S/C34H40N6O8S2/c1-21(41)48-39-31(35)23-9-6-8-22(18-23)19-28(32-38-27-16-13-25(46-5)20-29(27)49-32)40-50(44,45)26-14-11-24(12-15-26)37-30(42)10-7-17-36-33(43)47-34(2,3)4/h6,8-9,11-16,18,20,28,40H,7,10,17,19H2,1-5H3,(H2,35,39)(H,36,43)(H,37,42). The molecule has 3 aromatic carbocycles. The predicted molar refractivity (Wildman–Crippen MR) is 190 cm³/mol. The number of hydrogen-bond acceptors (Lipinski definition) is 11. The van der Waals surface area contributed by atoms with Crippen LogP contribution in [0.15, 0.2) is 76.8 Å². The summed E-state index contributed by atoms with van der Waals surface area (Å²) in [6.45, 7) is 6.75. The van der Waals surface area contributed by atoms with Crippen LogP contribution in [0.25, 0.3) is 10.2 Å². The molecule has 4 rings (SSSR count). The molecule has 2 amide bonds. The quantitative estimate of drug-likeness (QED) is 0.0451. The Balaban J connectivity index is 1.49. The van der Waals surface area contributed by atoms with Gasteiger partial charge in [-0.1, -0.05) is 23.4 Å². The molecule has 4 aromatic rings. The highest BCUT2D eigenvalue weighted by Gasteiger charge is 2.25. The molecule has 1 atom stereocenters. The zero-order valence-corrected chi connectivity index (χ0v) is 29.9. The SMILES string of the molecule is COc1ccc2nc(C(Cc3cccc(/C(N)=N\OC(C)=O)c3)NS(=O)(=O)c3ccc(NC(=O)CCCNC(=O)OC(C)(C)C)cc3)sc2c1. The number of ether oxygens (including phenoxy) is 2. The first-order valence-electron chi connectivity index (χ1n) is 15.6. The lowest BCUT2D eigenvalue weighted by Gasteiger charge is -2.19. The average molecular weight is 725 g/mol. The Morgan fingerprint density at radius 2 is 1.78 bits per heavy atom. The molecule has 1 aromatic heterocycles. The topological polar surface area (TPSA) is 200 Å². The largest absolute Gasteiger partial charge is 0.497 e. The molecular formula is C34H40N6O8S2.